The molecule has 1 atom stereocenters. The number of amides is 1. The van der Waals surface area contributed by atoms with Crippen molar-refractivity contribution >= 4 is 39.4 Å². The Bertz CT molecular complexity index is 1350. The molecule has 188 valence electrons. The number of ether oxygens (including phenoxy) is 1. The van der Waals surface area contributed by atoms with Crippen molar-refractivity contribution in [2.45, 2.75) is 39.5 Å². The molecule has 3 rings (SSSR count). The number of benzene rings is 1. The Labute approximate surface area is 206 Å². The third-order valence-electron chi connectivity index (χ3n) is 4.70. The van der Waals surface area contributed by atoms with Crippen LogP contribution in [0.4, 0.5) is 20.8 Å². The lowest BCUT2D eigenvalue weighted by Crippen LogP contribution is -2.29. The summed E-state index contributed by atoms with van der Waals surface area (Å²) in [5, 5.41) is 7.49. The highest BCUT2D eigenvalue weighted by Crippen LogP contribution is 2.37. The smallest absolute Gasteiger partial charge is 0.406 e. The number of nitrogens with zero attached hydrogens (tertiary/aromatic N) is 4. The number of nitrogens with one attached hydrogen (secondary N) is 2. The summed E-state index contributed by atoms with van der Waals surface area (Å²) in [6, 6.07) is 4.06. The Kier molecular flexibility index (Phi) is 7.80. The number of primary amides is 1. The fourth-order valence-electron chi connectivity index (χ4n) is 3.16. The largest absolute Gasteiger partial charge is 0.426 e. The molecular formula is C21H25ClFN7O4S. The van der Waals surface area contributed by atoms with E-state index in [0.29, 0.717) is 17.7 Å². The SMILES string of the molecule is CCC(Nc1nccc(-c2cn(C(C)C)nc2-c2cc(Cl)cc(NS(C)(=O)=O)c2F)n1)OC(N)=O. The third-order valence-corrected chi connectivity index (χ3v) is 5.51. The van der Waals surface area contributed by atoms with Crippen molar-refractivity contribution < 1.29 is 22.3 Å². The van der Waals surface area contributed by atoms with Crippen LogP contribution in [0.5, 0.6) is 0 Å². The van der Waals surface area contributed by atoms with Gasteiger partial charge in [0.1, 0.15) is 5.69 Å². The number of aromatic nitrogens is 4. The van der Waals surface area contributed by atoms with E-state index < -0.39 is 28.2 Å². The van der Waals surface area contributed by atoms with Crippen molar-refractivity contribution in [3.8, 4) is 22.5 Å². The molecule has 4 N–H and O–H groups in total. The number of rotatable bonds is 9. The maximum Gasteiger partial charge on any atom is 0.406 e. The molecule has 0 radical (unpaired) electrons. The number of sulfonamides is 1. The Morgan fingerprint density at radius 2 is 2.03 bits per heavy atom. The molecule has 0 aliphatic carbocycles. The van der Waals surface area contributed by atoms with Gasteiger partial charge in [-0.15, -0.1) is 0 Å². The molecule has 3 aromatic rings. The Hall–Kier alpha value is -3.45. The van der Waals surface area contributed by atoms with Gasteiger partial charge < -0.3 is 15.8 Å². The Balaban J connectivity index is 2.13. The lowest BCUT2D eigenvalue weighted by atomic mass is 10.0. The maximum atomic E-state index is 15.5. The molecule has 1 aromatic carbocycles. The average Bonchev–Trinajstić information content (AvgIpc) is 3.20. The zero-order valence-corrected chi connectivity index (χ0v) is 21.0. The fourth-order valence-corrected chi connectivity index (χ4v) is 3.92. The van der Waals surface area contributed by atoms with Crippen molar-refractivity contribution in [3.05, 3.63) is 41.4 Å². The lowest BCUT2D eigenvalue weighted by Gasteiger charge is -2.16. The van der Waals surface area contributed by atoms with Crippen LogP contribution in [0.15, 0.2) is 30.6 Å². The van der Waals surface area contributed by atoms with E-state index >= 15 is 4.39 Å². The first-order chi connectivity index (χ1) is 16.4. The van der Waals surface area contributed by atoms with Crippen LogP contribution >= 0.6 is 11.6 Å². The molecule has 2 aromatic heterocycles. The third kappa shape index (κ3) is 6.57. The molecule has 2 heterocycles. The molecule has 11 nitrogen and oxygen atoms in total. The number of hydrogen-bond donors (Lipinski definition) is 3. The quantitative estimate of drug-likeness (QED) is 0.354. The Morgan fingerprint density at radius 1 is 1.31 bits per heavy atom. The minimum Gasteiger partial charge on any atom is -0.426 e. The van der Waals surface area contributed by atoms with Gasteiger partial charge in [0.25, 0.3) is 0 Å². The molecule has 0 aliphatic rings. The van der Waals surface area contributed by atoms with Crippen LogP contribution in [0.25, 0.3) is 22.5 Å². The number of nitrogens with two attached hydrogens (primary N) is 1. The minimum absolute atomic E-state index is 0.0188. The maximum absolute atomic E-state index is 15.5. The number of hydrogen-bond acceptors (Lipinski definition) is 8. The molecule has 0 spiro atoms. The summed E-state index contributed by atoms with van der Waals surface area (Å²) in [6.45, 7) is 5.57. The second-order valence-corrected chi connectivity index (χ2v) is 10.1. The van der Waals surface area contributed by atoms with Gasteiger partial charge in [0.2, 0.25) is 16.0 Å². The molecule has 0 aliphatic heterocycles. The van der Waals surface area contributed by atoms with E-state index in [1.807, 2.05) is 13.8 Å². The van der Waals surface area contributed by atoms with Gasteiger partial charge in [0.05, 0.1) is 17.6 Å². The first-order valence-electron chi connectivity index (χ1n) is 10.5. The summed E-state index contributed by atoms with van der Waals surface area (Å²) >= 11 is 6.19. The predicted octanol–water partition coefficient (Wildman–Crippen LogP) is 4.00. The molecule has 0 bridgehead atoms. The van der Waals surface area contributed by atoms with Crippen molar-refractivity contribution in [2.24, 2.45) is 5.73 Å². The first-order valence-corrected chi connectivity index (χ1v) is 12.8. The summed E-state index contributed by atoms with van der Waals surface area (Å²) in [6.07, 6.45) is 2.77. The second-order valence-electron chi connectivity index (χ2n) is 7.90. The van der Waals surface area contributed by atoms with E-state index in [1.165, 1.54) is 18.3 Å². The van der Waals surface area contributed by atoms with Crippen LogP contribution in [0.3, 0.4) is 0 Å². The number of halogens is 2. The molecule has 0 saturated heterocycles. The van der Waals surface area contributed by atoms with Crippen molar-refractivity contribution in [2.75, 3.05) is 16.3 Å². The summed E-state index contributed by atoms with van der Waals surface area (Å²) in [4.78, 5) is 19.7. The van der Waals surface area contributed by atoms with Crippen LogP contribution in [-0.4, -0.2) is 46.7 Å². The molecule has 35 heavy (non-hydrogen) atoms. The highest BCUT2D eigenvalue weighted by atomic mass is 35.5. The predicted molar refractivity (Wildman–Crippen MR) is 131 cm³/mol. The van der Waals surface area contributed by atoms with E-state index in [1.54, 1.807) is 23.9 Å². The van der Waals surface area contributed by atoms with Gasteiger partial charge in [-0.3, -0.25) is 9.40 Å². The number of anilines is 2. The summed E-state index contributed by atoms with van der Waals surface area (Å²) < 4.78 is 47.6. The van der Waals surface area contributed by atoms with Gasteiger partial charge in [-0.2, -0.15) is 5.10 Å². The second kappa shape index (κ2) is 10.4. The van der Waals surface area contributed by atoms with Crippen molar-refractivity contribution in [1.82, 2.24) is 19.7 Å². The highest BCUT2D eigenvalue weighted by Gasteiger charge is 2.23. The highest BCUT2D eigenvalue weighted by molar-refractivity contribution is 7.92. The molecule has 14 heteroatoms. The Morgan fingerprint density at radius 3 is 2.63 bits per heavy atom. The molecular weight excluding hydrogens is 501 g/mol. The van der Waals surface area contributed by atoms with Gasteiger partial charge in [0, 0.05) is 41.0 Å². The zero-order valence-electron chi connectivity index (χ0n) is 19.4. The van der Waals surface area contributed by atoms with Crippen LogP contribution in [0.1, 0.15) is 33.2 Å². The van der Waals surface area contributed by atoms with Crippen molar-refractivity contribution in [3.63, 3.8) is 0 Å². The topological polar surface area (TPSA) is 154 Å². The normalized spacial score (nSPS) is 12.4. The first kappa shape index (κ1) is 26.2. The summed E-state index contributed by atoms with van der Waals surface area (Å²) in [7, 11) is -3.76. The number of carbonyl (C=O) groups is 1. The van der Waals surface area contributed by atoms with Crippen molar-refractivity contribution in [1.29, 1.82) is 0 Å². The summed E-state index contributed by atoms with van der Waals surface area (Å²) in [5.74, 6) is -0.701. The van der Waals surface area contributed by atoms with Gasteiger partial charge >= 0.3 is 6.09 Å². The van der Waals surface area contributed by atoms with Crippen LogP contribution in [0.2, 0.25) is 5.02 Å². The van der Waals surface area contributed by atoms with Gasteiger partial charge in [-0.25, -0.2) is 27.6 Å². The fraction of sp³-hybridized carbons (Fsp3) is 0.333. The van der Waals surface area contributed by atoms with Gasteiger partial charge in [0.15, 0.2) is 12.0 Å². The van der Waals surface area contributed by atoms with Gasteiger partial charge in [-0.1, -0.05) is 18.5 Å². The zero-order chi connectivity index (χ0) is 25.9. The summed E-state index contributed by atoms with van der Waals surface area (Å²) in [5.41, 5.74) is 5.79. The molecule has 1 amide bonds. The molecule has 0 fully saturated rings. The lowest BCUT2D eigenvalue weighted by molar-refractivity contribution is 0.118. The van der Waals surface area contributed by atoms with E-state index in [-0.39, 0.29) is 34.0 Å². The molecule has 0 saturated carbocycles. The van der Waals surface area contributed by atoms with Crippen LogP contribution in [-0.2, 0) is 14.8 Å². The average molecular weight is 526 g/mol. The van der Waals surface area contributed by atoms with E-state index in [4.69, 9.17) is 22.1 Å². The molecule has 1 unspecified atom stereocenters. The van der Waals surface area contributed by atoms with Crippen LogP contribution < -0.4 is 15.8 Å². The van der Waals surface area contributed by atoms with Gasteiger partial charge in [-0.05, 0) is 32.0 Å². The standard InChI is InChI=1S/C21H25ClFN7O4S/c1-5-17(34-20(24)31)27-21-25-7-6-15(26-21)14-10-30(11(2)3)28-19(14)13-8-12(22)9-16(18(13)23)29-35(4,32)33/h6-11,17,29H,5H2,1-4H3,(H2,24,31)(H,25,26,27). The van der Waals surface area contributed by atoms with E-state index in [2.05, 4.69) is 25.1 Å². The minimum atomic E-state index is -3.76. The number of carbonyl (C=O) groups excluding carboxylic acids is 1. The van der Waals surface area contributed by atoms with E-state index in [0.717, 1.165) is 6.26 Å². The monoisotopic (exact) mass is 525 g/mol. The van der Waals surface area contributed by atoms with Crippen LogP contribution in [0, 0.1) is 5.82 Å². The van der Waals surface area contributed by atoms with E-state index in [9.17, 15) is 13.2 Å².